The van der Waals surface area contributed by atoms with E-state index < -0.39 is 29.6 Å². The summed E-state index contributed by atoms with van der Waals surface area (Å²) in [5, 5.41) is 9.20. The van der Waals surface area contributed by atoms with Gasteiger partial charge in [-0.1, -0.05) is 38.1 Å². The Hall–Kier alpha value is -3.00. The molecular weight excluding hydrogens is 433 g/mol. The zero-order valence-electron chi connectivity index (χ0n) is 18.8. The highest BCUT2D eigenvalue weighted by molar-refractivity contribution is 5.88. The molecule has 5 nitrogen and oxygen atoms in total. The second-order valence-corrected chi connectivity index (χ2v) is 8.21. The highest BCUT2D eigenvalue weighted by Gasteiger charge is 2.39. The fraction of sp³-hybridized carbons (Fsp3) is 0.400. The number of alkyl halides is 3. The van der Waals surface area contributed by atoms with Crippen molar-refractivity contribution >= 4 is 11.5 Å². The topological polar surface area (TPSA) is 72.3 Å². The fourth-order valence-corrected chi connectivity index (χ4v) is 3.95. The van der Waals surface area contributed by atoms with Crippen molar-refractivity contribution in [2.75, 3.05) is 13.7 Å². The van der Waals surface area contributed by atoms with Gasteiger partial charge in [0.1, 0.15) is 0 Å². The molecule has 0 amide bonds. The summed E-state index contributed by atoms with van der Waals surface area (Å²) >= 11 is 0. The Kier molecular flexibility index (Phi) is 7.68. The van der Waals surface area contributed by atoms with Crippen molar-refractivity contribution in [1.82, 2.24) is 9.97 Å². The van der Waals surface area contributed by atoms with E-state index >= 15 is 0 Å². The van der Waals surface area contributed by atoms with Crippen molar-refractivity contribution < 1.29 is 27.8 Å². The van der Waals surface area contributed by atoms with Gasteiger partial charge in [-0.3, -0.25) is 4.98 Å². The number of carboxylic acid groups (broad SMARTS) is 1. The average molecular weight is 460 g/mol. The van der Waals surface area contributed by atoms with Gasteiger partial charge in [0.05, 0.1) is 22.6 Å². The molecule has 176 valence electrons. The lowest BCUT2D eigenvalue weighted by Crippen LogP contribution is -2.22. The molecule has 1 aromatic heterocycles. The van der Waals surface area contributed by atoms with Crippen molar-refractivity contribution in [1.29, 1.82) is 0 Å². The molecular formula is C25H27F3N2O3. The molecule has 1 aromatic carbocycles. The minimum Gasteiger partial charge on any atom is -0.478 e. The van der Waals surface area contributed by atoms with Crippen molar-refractivity contribution in [3.8, 4) is 11.3 Å². The van der Waals surface area contributed by atoms with Crippen molar-refractivity contribution in [3.63, 3.8) is 0 Å². The second kappa shape index (κ2) is 10.3. The number of allylic oxidation sites excluding steroid dienone is 4. The number of hydrogen-bond donors (Lipinski definition) is 1. The lowest BCUT2D eigenvalue weighted by atomic mass is 9.82. The maximum atomic E-state index is 13.4. The van der Waals surface area contributed by atoms with E-state index in [0.717, 1.165) is 18.5 Å². The van der Waals surface area contributed by atoms with Crippen LogP contribution in [0.15, 0.2) is 48.2 Å². The van der Waals surface area contributed by atoms with E-state index in [2.05, 4.69) is 4.98 Å². The quantitative estimate of drug-likeness (QED) is 0.388. The van der Waals surface area contributed by atoms with Crippen molar-refractivity contribution in [2.45, 2.75) is 39.3 Å². The Balaban J connectivity index is 2.03. The summed E-state index contributed by atoms with van der Waals surface area (Å²) in [7, 11) is 1.65. The molecule has 0 spiro atoms. The Morgan fingerprint density at radius 2 is 1.76 bits per heavy atom. The van der Waals surface area contributed by atoms with Crippen LogP contribution in [0.3, 0.4) is 0 Å². The van der Waals surface area contributed by atoms with Crippen LogP contribution in [-0.4, -0.2) is 40.9 Å². The number of aryl methyl sites for hydroxylation is 1. The highest BCUT2D eigenvalue weighted by Crippen LogP contribution is 2.42. The van der Waals surface area contributed by atoms with Gasteiger partial charge < -0.3 is 9.84 Å². The minimum absolute atomic E-state index is 0.139. The van der Waals surface area contributed by atoms with Gasteiger partial charge in [0, 0.05) is 42.9 Å². The zero-order valence-corrected chi connectivity index (χ0v) is 18.8. The number of methoxy groups -OCH3 is 1. The summed E-state index contributed by atoms with van der Waals surface area (Å²) in [5.41, 5.74) is 2.71. The maximum absolute atomic E-state index is 13.4. The van der Waals surface area contributed by atoms with Crippen LogP contribution in [0.4, 0.5) is 13.2 Å². The molecule has 1 heterocycles. The lowest BCUT2D eigenvalue weighted by molar-refractivity contribution is -0.0972. The Morgan fingerprint density at radius 1 is 1.06 bits per heavy atom. The van der Waals surface area contributed by atoms with Crippen LogP contribution in [0.1, 0.15) is 48.4 Å². The summed E-state index contributed by atoms with van der Waals surface area (Å²) < 4.78 is 45.2. The third-order valence-electron chi connectivity index (χ3n) is 5.70. The van der Waals surface area contributed by atoms with Crippen LogP contribution in [0.2, 0.25) is 0 Å². The first-order chi connectivity index (χ1) is 15.6. The third-order valence-corrected chi connectivity index (χ3v) is 5.70. The van der Waals surface area contributed by atoms with E-state index in [4.69, 9.17) is 9.72 Å². The summed E-state index contributed by atoms with van der Waals surface area (Å²) in [5.74, 6) is -2.35. The second-order valence-electron chi connectivity index (χ2n) is 8.21. The zero-order chi connectivity index (χ0) is 24.2. The molecule has 0 radical (unpaired) electrons. The first-order valence-electron chi connectivity index (χ1n) is 10.8. The predicted octanol–water partition coefficient (Wildman–Crippen LogP) is 5.97. The van der Waals surface area contributed by atoms with E-state index in [0.29, 0.717) is 35.6 Å². The molecule has 1 aliphatic carbocycles. The molecule has 33 heavy (non-hydrogen) atoms. The van der Waals surface area contributed by atoms with Gasteiger partial charge in [0.25, 0.3) is 0 Å². The van der Waals surface area contributed by atoms with E-state index in [1.54, 1.807) is 38.4 Å². The van der Waals surface area contributed by atoms with Crippen LogP contribution < -0.4 is 0 Å². The molecule has 2 aromatic rings. The fourth-order valence-electron chi connectivity index (χ4n) is 3.95. The van der Waals surface area contributed by atoms with E-state index in [1.807, 2.05) is 0 Å². The monoisotopic (exact) mass is 460 g/mol. The van der Waals surface area contributed by atoms with Gasteiger partial charge in [-0.2, -0.15) is 13.2 Å². The van der Waals surface area contributed by atoms with Gasteiger partial charge in [-0.05, 0) is 37.0 Å². The van der Waals surface area contributed by atoms with Crippen LogP contribution in [0.25, 0.3) is 16.8 Å². The highest BCUT2D eigenvalue weighted by atomic mass is 19.4. The number of hydrogen-bond acceptors (Lipinski definition) is 4. The SMILES string of the molecule is COCCCCc1cnc(C2=CC(C)C(C(F)(F)F)=CC2C)c(-c2ccc(C(=O)O)cc2)n1. The Morgan fingerprint density at radius 3 is 2.36 bits per heavy atom. The molecule has 0 aliphatic heterocycles. The van der Waals surface area contributed by atoms with Gasteiger partial charge in [0.2, 0.25) is 0 Å². The summed E-state index contributed by atoms with van der Waals surface area (Å²) in [6, 6.07) is 6.27. The van der Waals surface area contributed by atoms with Gasteiger partial charge in [-0.25, -0.2) is 9.78 Å². The molecule has 0 fully saturated rings. The van der Waals surface area contributed by atoms with E-state index in [-0.39, 0.29) is 5.56 Å². The van der Waals surface area contributed by atoms with Crippen LogP contribution in [0, 0.1) is 11.8 Å². The predicted molar refractivity (Wildman–Crippen MR) is 120 cm³/mol. The van der Waals surface area contributed by atoms with Gasteiger partial charge in [0.15, 0.2) is 0 Å². The Labute approximate surface area is 191 Å². The average Bonchev–Trinajstić information content (AvgIpc) is 2.77. The largest absolute Gasteiger partial charge is 0.478 e. The first kappa shape index (κ1) is 24.6. The minimum atomic E-state index is -4.39. The molecule has 0 saturated carbocycles. The Bertz CT molecular complexity index is 1060. The summed E-state index contributed by atoms with van der Waals surface area (Å²) in [6.07, 6.45) is 2.53. The van der Waals surface area contributed by atoms with Crippen LogP contribution >= 0.6 is 0 Å². The maximum Gasteiger partial charge on any atom is 0.412 e. The number of carbonyl (C=O) groups is 1. The molecule has 2 atom stereocenters. The summed E-state index contributed by atoms with van der Waals surface area (Å²) in [4.78, 5) is 20.6. The molecule has 0 bridgehead atoms. The molecule has 2 unspecified atom stereocenters. The number of benzene rings is 1. The number of aromatic carboxylic acids is 1. The van der Waals surface area contributed by atoms with Gasteiger partial charge in [-0.15, -0.1) is 0 Å². The van der Waals surface area contributed by atoms with E-state index in [1.165, 1.54) is 25.1 Å². The number of carboxylic acids is 1. The van der Waals surface area contributed by atoms with Crippen molar-refractivity contribution in [3.05, 3.63) is 65.1 Å². The number of aromatic nitrogens is 2. The number of unbranched alkanes of at least 4 members (excludes halogenated alkanes) is 1. The third kappa shape index (κ3) is 5.87. The smallest absolute Gasteiger partial charge is 0.412 e. The molecule has 8 heteroatoms. The van der Waals surface area contributed by atoms with Crippen molar-refractivity contribution in [2.24, 2.45) is 11.8 Å². The summed E-state index contributed by atoms with van der Waals surface area (Å²) in [6.45, 7) is 3.87. The number of rotatable bonds is 8. The first-order valence-corrected chi connectivity index (χ1v) is 10.8. The number of halogens is 3. The van der Waals surface area contributed by atoms with E-state index in [9.17, 15) is 23.1 Å². The molecule has 0 saturated heterocycles. The molecule has 1 N–H and O–H groups in total. The molecule has 1 aliphatic rings. The standard InChI is InChI=1S/C25H27F3N2O3/c1-15-13-21(25(26,27)28)16(2)12-20(15)23-22(17-7-9-18(10-8-17)24(31)32)30-19(14-29-23)6-4-5-11-33-3/h7-10,12-16H,4-6,11H2,1-3H3,(H,31,32). The normalized spacial score (nSPS) is 18.6. The lowest BCUT2D eigenvalue weighted by Gasteiger charge is -2.26. The number of ether oxygens (including phenoxy) is 1. The molecule has 3 rings (SSSR count). The van der Waals surface area contributed by atoms with Crippen LogP contribution in [-0.2, 0) is 11.2 Å². The number of nitrogens with zero attached hydrogens (tertiary/aromatic N) is 2. The van der Waals surface area contributed by atoms with Crippen LogP contribution in [0.5, 0.6) is 0 Å². The van der Waals surface area contributed by atoms with Gasteiger partial charge >= 0.3 is 12.1 Å².